The van der Waals surface area contributed by atoms with E-state index in [1.807, 2.05) is 42.5 Å². The molecule has 1 atom stereocenters. The molecule has 3 aromatic rings. The quantitative estimate of drug-likeness (QED) is 0.426. The standard InChI is InChI=1S/C23H18BrNO4/c24-18-10-8-16(9-11-18)21(26)14-29-23(28)17-12-22(27)25(13-17)20-7-3-5-15-4-1-2-6-19(15)20/h1-11,17H,12-14H2. The molecule has 1 saturated heterocycles. The van der Waals surface area contributed by atoms with Crippen molar-refractivity contribution >= 4 is 50.0 Å². The summed E-state index contributed by atoms with van der Waals surface area (Å²) in [6.45, 7) is -0.0857. The molecule has 3 aromatic carbocycles. The number of halogens is 1. The van der Waals surface area contributed by atoms with Crippen LogP contribution in [0.5, 0.6) is 0 Å². The second-order valence-electron chi connectivity index (χ2n) is 6.94. The fraction of sp³-hybridized carbons (Fsp3) is 0.174. The average Bonchev–Trinajstić information content (AvgIpc) is 3.13. The van der Waals surface area contributed by atoms with E-state index in [9.17, 15) is 14.4 Å². The first-order chi connectivity index (χ1) is 14.0. The maximum Gasteiger partial charge on any atom is 0.311 e. The number of amides is 1. The van der Waals surface area contributed by atoms with Gasteiger partial charge in [0.25, 0.3) is 0 Å². The summed E-state index contributed by atoms with van der Waals surface area (Å²) in [5.74, 6) is -1.51. The van der Waals surface area contributed by atoms with Crippen LogP contribution in [0.25, 0.3) is 10.8 Å². The predicted octanol–water partition coefficient (Wildman–Crippen LogP) is 4.38. The van der Waals surface area contributed by atoms with Crippen molar-refractivity contribution in [1.29, 1.82) is 0 Å². The molecule has 1 amide bonds. The van der Waals surface area contributed by atoms with Gasteiger partial charge in [0, 0.05) is 28.4 Å². The number of nitrogens with zero attached hydrogens (tertiary/aromatic N) is 1. The number of Topliss-reactive ketones (excluding diaryl/α,β-unsaturated/α-hetero) is 1. The molecule has 29 heavy (non-hydrogen) atoms. The van der Waals surface area contributed by atoms with Crippen molar-refractivity contribution in [3.8, 4) is 0 Å². The molecule has 6 heteroatoms. The zero-order valence-electron chi connectivity index (χ0n) is 15.5. The molecule has 1 aliphatic heterocycles. The molecule has 146 valence electrons. The zero-order valence-corrected chi connectivity index (χ0v) is 17.1. The maximum atomic E-state index is 12.6. The molecule has 1 fully saturated rings. The van der Waals surface area contributed by atoms with Crippen molar-refractivity contribution in [2.24, 2.45) is 5.92 Å². The highest BCUT2D eigenvalue weighted by Gasteiger charge is 2.36. The number of carbonyl (C=O) groups is 3. The van der Waals surface area contributed by atoms with E-state index in [1.165, 1.54) is 0 Å². The molecule has 0 aromatic heterocycles. The van der Waals surface area contributed by atoms with Crippen molar-refractivity contribution in [3.63, 3.8) is 0 Å². The van der Waals surface area contributed by atoms with Crippen molar-refractivity contribution in [2.45, 2.75) is 6.42 Å². The zero-order chi connectivity index (χ0) is 20.4. The summed E-state index contributed by atoms with van der Waals surface area (Å²) in [5, 5.41) is 1.99. The van der Waals surface area contributed by atoms with Crippen molar-refractivity contribution < 1.29 is 19.1 Å². The van der Waals surface area contributed by atoms with Crippen LogP contribution in [-0.4, -0.2) is 30.8 Å². The van der Waals surface area contributed by atoms with Crippen LogP contribution in [0.1, 0.15) is 16.8 Å². The lowest BCUT2D eigenvalue weighted by molar-refractivity contribution is -0.147. The fourth-order valence-corrected chi connectivity index (χ4v) is 3.78. The SMILES string of the molecule is O=C(COC(=O)C1CC(=O)N(c2cccc3ccccc23)C1)c1ccc(Br)cc1. The monoisotopic (exact) mass is 451 g/mol. The molecule has 0 aliphatic carbocycles. The summed E-state index contributed by atoms with van der Waals surface area (Å²) in [4.78, 5) is 38.9. The number of carbonyl (C=O) groups excluding carboxylic acids is 3. The van der Waals surface area contributed by atoms with Crippen molar-refractivity contribution in [2.75, 3.05) is 18.1 Å². The normalized spacial score (nSPS) is 16.2. The third kappa shape index (κ3) is 4.07. The third-order valence-electron chi connectivity index (χ3n) is 5.03. The van der Waals surface area contributed by atoms with Gasteiger partial charge in [-0.3, -0.25) is 14.4 Å². The van der Waals surface area contributed by atoms with Gasteiger partial charge in [-0.1, -0.05) is 64.5 Å². The first kappa shape index (κ1) is 19.3. The van der Waals surface area contributed by atoms with Crippen LogP contribution in [-0.2, 0) is 14.3 Å². The van der Waals surface area contributed by atoms with E-state index in [4.69, 9.17) is 4.74 Å². The first-order valence-corrected chi connectivity index (χ1v) is 10.1. The molecule has 4 rings (SSSR count). The van der Waals surface area contributed by atoms with Crippen LogP contribution in [0.2, 0.25) is 0 Å². The third-order valence-corrected chi connectivity index (χ3v) is 5.56. The molecule has 0 bridgehead atoms. The fourth-order valence-electron chi connectivity index (χ4n) is 3.52. The second kappa shape index (κ2) is 8.17. The largest absolute Gasteiger partial charge is 0.457 e. The van der Waals surface area contributed by atoms with Gasteiger partial charge in [0.2, 0.25) is 5.91 Å². The Hall–Kier alpha value is -2.99. The molecule has 0 N–H and O–H groups in total. The predicted molar refractivity (Wildman–Crippen MR) is 114 cm³/mol. The lowest BCUT2D eigenvalue weighted by Gasteiger charge is -2.18. The first-order valence-electron chi connectivity index (χ1n) is 9.26. The number of hydrogen-bond donors (Lipinski definition) is 0. The van der Waals surface area contributed by atoms with Crippen LogP contribution < -0.4 is 4.90 Å². The van der Waals surface area contributed by atoms with Crippen LogP contribution in [0.4, 0.5) is 5.69 Å². The Morgan fingerprint density at radius 2 is 1.72 bits per heavy atom. The summed E-state index contributed by atoms with van der Waals surface area (Å²) >= 11 is 3.31. The number of fused-ring (bicyclic) bond motifs is 1. The van der Waals surface area contributed by atoms with E-state index in [2.05, 4.69) is 15.9 Å². The van der Waals surface area contributed by atoms with E-state index >= 15 is 0 Å². The van der Waals surface area contributed by atoms with Crippen LogP contribution >= 0.6 is 15.9 Å². The molecular weight excluding hydrogens is 434 g/mol. The smallest absolute Gasteiger partial charge is 0.311 e. The highest BCUT2D eigenvalue weighted by atomic mass is 79.9. The summed E-state index contributed by atoms with van der Waals surface area (Å²) < 4.78 is 6.08. The minimum absolute atomic E-state index is 0.0779. The Labute approximate surface area is 176 Å². The molecule has 0 spiro atoms. The lowest BCUT2D eigenvalue weighted by atomic mass is 10.1. The summed E-state index contributed by atoms with van der Waals surface area (Å²) in [5.41, 5.74) is 1.26. The second-order valence-corrected chi connectivity index (χ2v) is 7.86. The Morgan fingerprint density at radius 1 is 1.00 bits per heavy atom. The van der Waals surface area contributed by atoms with E-state index in [0.29, 0.717) is 5.56 Å². The molecule has 5 nitrogen and oxygen atoms in total. The number of esters is 1. The molecule has 1 aliphatic rings. The van der Waals surface area contributed by atoms with Gasteiger partial charge < -0.3 is 9.64 Å². The van der Waals surface area contributed by atoms with Crippen molar-refractivity contribution in [1.82, 2.24) is 0 Å². The van der Waals surface area contributed by atoms with Crippen LogP contribution in [0.3, 0.4) is 0 Å². The maximum absolute atomic E-state index is 12.6. The molecule has 1 unspecified atom stereocenters. The Morgan fingerprint density at radius 3 is 2.52 bits per heavy atom. The van der Waals surface area contributed by atoms with E-state index < -0.39 is 11.9 Å². The van der Waals surface area contributed by atoms with Crippen molar-refractivity contribution in [3.05, 3.63) is 76.8 Å². The summed E-state index contributed by atoms with van der Waals surface area (Å²) in [7, 11) is 0. The van der Waals surface area contributed by atoms with Gasteiger partial charge >= 0.3 is 5.97 Å². The van der Waals surface area contributed by atoms with Gasteiger partial charge in [0.1, 0.15) is 0 Å². The molecular formula is C23H18BrNO4. The van der Waals surface area contributed by atoms with Crippen LogP contribution in [0.15, 0.2) is 71.2 Å². The van der Waals surface area contributed by atoms with Crippen LogP contribution in [0, 0.1) is 5.92 Å². The Bertz CT molecular complexity index is 1090. The minimum atomic E-state index is -0.584. The number of rotatable bonds is 5. The van der Waals surface area contributed by atoms with E-state index in [-0.39, 0.29) is 31.3 Å². The molecule has 0 radical (unpaired) electrons. The van der Waals surface area contributed by atoms with Gasteiger partial charge in [-0.15, -0.1) is 0 Å². The number of anilines is 1. The number of ether oxygens (including phenoxy) is 1. The Balaban J connectivity index is 1.43. The van der Waals surface area contributed by atoms with E-state index in [0.717, 1.165) is 20.9 Å². The van der Waals surface area contributed by atoms with Gasteiger partial charge in [-0.05, 0) is 23.6 Å². The van der Waals surface area contributed by atoms with Gasteiger partial charge in [0.05, 0.1) is 11.6 Å². The number of ketones is 1. The van der Waals surface area contributed by atoms with Gasteiger partial charge in [-0.2, -0.15) is 0 Å². The molecule has 1 heterocycles. The minimum Gasteiger partial charge on any atom is -0.457 e. The number of benzene rings is 3. The highest BCUT2D eigenvalue weighted by molar-refractivity contribution is 9.10. The average molecular weight is 452 g/mol. The van der Waals surface area contributed by atoms with Gasteiger partial charge in [0.15, 0.2) is 12.4 Å². The Kier molecular flexibility index (Phi) is 5.45. The van der Waals surface area contributed by atoms with E-state index in [1.54, 1.807) is 29.2 Å². The summed E-state index contributed by atoms with van der Waals surface area (Å²) in [6.07, 6.45) is 0.0779. The highest BCUT2D eigenvalue weighted by Crippen LogP contribution is 2.32. The van der Waals surface area contributed by atoms with Gasteiger partial charge in [-0.25, -0.2) is 0 Å². The topological polar surface area (TPSA) is 63.7 Å². The number of hydrogen-bond acceptors (Lipinski definition) is 4. The lowest BCUT2D eigenvalue weighted by Crippen LogP contribution is -2.27. The molecule has 0 saturated carbocycles. The summed E-state index contributed by atoms with van der Waals surface area (Å²) in [6, 6.07) is 20.4.